The predicted octanol–water partition coefficient (Wildman–Crippen LogP) is 1.13. The largest absolute Gasteiger partial charge is 0.481 e. The SMILES string of the molecule is COc1cc(N2CC(c3nnc4ccccn34)C2)ncn1. The molecule has 4 heterocycles. The zero-order chi connectivity index (χ0) is 14.2. The molecule has 0 aliphatic carbocycles. The van der Waals surface area contributed by atoms with Crippen LogP contribution in [0.2, 0.25) is 0 Å². The summed E-state index contributed by atoms with van der Waals surface area (Å²) in [5, 5.41) is 8.50. The Bertz CT molecular complexity index is 780. The van der Waals surface area contributed by atoms with Gasteiger partial charge in [0.05, 0.1) is 13.0 Å². The first-order chi connectivity index (χ1) is 10.3. The van der Waals surface area contributed by atoms with Gasteiger partial charge in [-0.1, -0.05) is 6.07 Å². The molecule has 1 saturated heterocycles. The van der Waals surface area contributed by atoms with Crippen molar-refractivity contribution in [2.75, 3.05) is 25.1 Å². The van der Waals surface area contributed by atoms with E-state index in [4.69, 9.17) is 4.74 Å². The Balaban J connectivity index is 1.54. The lowest BCUT2D eigenvalue weighted by Gasteiger charge is -2.39. The third kappa shape index (κ3) is 1.97. The third-order valence-corrected chi connectivity index (χ3v) is 3.75. The molecule has 1 fully saturated rings. The summed E-state index contributed by atoms with van der Waals surface area (Å²) >= 11 is 0. The summed E-state index contributed by atoms with van der Waals surface area (Å²) in [4.78, 5) is 10.5. The van der Waals surface area contributed by atoms with Crippen LogP contribution in [0.25, 0.3) is 5.65 Å². The number of anilines is 1. The fourth-order valence-corrected chi connectivity index (χ4v) is 2.58. The van der Waals surface area contributed by atoms with Crippen molar-refractivity contribution in [3.05, 3.63) is 42.6 Å². The molecule has 7 nitrogen and oxygen atoms in total. The number of methoxy groups -OCH3 is 1. The highest BCUT2D eigenvalue weighted by atomic mass is 16.5. The van der Waals surface area contributed by atoms with Gasteiger partial charge < -0.3 is 9.64 Å². The number of nitrogens with zero attached hydrogens (tertiary/aromatic N) is 6. The van der Waals surface area contributed by atoms with Gasteiger partial charge in [-0.2, -0.15) is 0 Å². The van der Waals surface area contributed by atoms with Gasteiger partial charge in [0.15, 0.2) is 5.65 Å². The average molecular weight is 282 g/mol. The minimum absolute atomic E-state index is 0.364. The lowest BCUT2D eigenvalue weighted by atomic mass is 9.99. The van der Waals surface area contributed by atoms with Crippen molar-refractivity contribution >= 4 is 11.5 Å². The van der Waals surface area contributed by atoms with Crippen LogP contribution < -0.4 is 9.64 Å². The zero-order valence-electron chi connectivity index (χ0n) is 11.5. The van der Waals surface area contributed by atoms with Gasteiger partial charge in [-0.3, -0.25) is 4.40 Å². The summed E-state index contributed by atoms with van der Waals surface area (Å²) in [6, 6.07) is 7.76. The van der Waals surface area contributed by atoms with Crippen LogP contribution in [0.4, 0.5) is 5.82 Å². The molecule has 3 aromatic rings. The quantitative estimate of drug-likeness (QED) is 0.717. The summed E-state index contributed by atoms with van der Waals surface area (Å²) in [5.41, 5.74) is 0.884. The van der Waals surface area contributed by atoms with Gasteiger partial charge in [0.25, 0.3) is 0 Å². The Kier molecular flexibility index (Phi) is 2.70. The van der Waals surface area contributed by atoms with Crippen molar-refractivity contribution in [2.24, 2.45) is 0 Å². The van der Waals surface area contributed by atoms with E-state index in [2.05, 4.69) is 25.1 Å². The van der Waals surface area contributed by atoms with Crippen LogP contribution in [-0.4, -0.2) is 44.8 Å². The topological polar surface area (TPSA) is 68.4 Å². The lowest BCUT2D eigenvalue weighted by molar-refractivity contribution is 0.395. The first-order valence-electron chi connectivity index (χ1n) is 6.76. The summed E-state index contributed by atoms with van der Waals surface area (Å²) in [6.45, 7) is 1.74. The Morgan fingerprint density at radius 1 is 1.19 bits per heavy atom. The van der Waals surface area contributed by atoms with Crippen LogP contribution >= 0.6 is 0 Å². The first-order valence-corrected chi connectivity index (χ1v) is 6.76. The second-order valence-electron chi connectivity index (χ2n) is 5.01. The van der Waals surface area contributed by atoms with Crippen LogP contribution in [0.3, 0.4) is 0 Å². The van der Waals surface area contributed by atoms with Gasteiger partial charge in [-0.15, -0.1) is 10.2 Å². The molecular weight excluding hydrogens is 268 g/mol. The number of pyridine rings is 1. The van der Waals surface area contributed by atoms with E-state index < -0.39 is 0 Å². The molecule has 0 atom stereocenters. The van der Waals surface area contributed by atoms with E-state index in [0.717, 1.165) is 30.4 Å². The van der Waals surface area contributed by atoms with Crippen LogP contribution in [-0.2, 0) is 0 Å². The van der Waals surface area contributed by atoms with Crippen LogP contribution in [0, 0.1) is 0 Å². The van der Waals surface area contributed by atoms with Gasteiger partial charge in [0.2, 0.25) is 5.88 Å². The standard InChI is InChI=1S/C14H14N6O/c1-21-13-6-12(15-9-16-13)19-7-10(8-19)14-18-17-11-4-2-3-5-20(11)14/h2-6,9-10H,7-8H2,1H3. The van der Waals surface area contributed by atoms with Crippen LogP contribution in [0.15, 0.2) is 36.8 Å². The molecule has 3 aromatic heterocycles. The second kappa shape index (κ2) is 4.69. The van der Waals surface area contributed by atoms with Crippen molar-refractivity contribution < 1.29 is 4.74 Å². The van der Waals surface area contributed by atoms with Gasteiger partial charge in [0, 0.05) is 25.4 Å². The van der Waals surface area contributed by atoms with Gasteiger partial charge >= 0.3 is 0 Å². The first kappa shape index (κ1) is 12.1. The molecule has 7 heteroatoms. The number of fused-ring (bicyclic) bond motifs is 1. The third-order valence-electron chi connectivity index (χ3n) is 3.75. The van der Waals surface area contributed by atoms with E-state index in [1.54, 1.807) is 7.11 Å². The van der Waals surface area contributed by atoms with Crippen molar-refractivity contribution in [1.82, 2.24) is 24.6 Å². The van der Waals surface area contributed by atoms with Gasteiger partial charge in [-0.05, 0) is 12.1 Å². The van der Waals surface area contributed by atoms with Crippen molar-refractivity contribution in [3.8, 4) is 5.88 Å². The summed E-state index contributed by atoms with van der Waals surface area (Å²) < 4.78 is 7.17. The molecule has 0 N–H and O–H groups in total. The molecular formula is C14H14N6O. The minimum Gasteiger partial charge on any atom is -0.481 e. The molecule has 0 unspecified atom stereocenters. The van der Waals surface area contributed by atoms with E-state index in [0.29, 0.717) is 11.8 Å². The van der Waals surface area contributed by atoms with E-state index in [9.17, 15) is 0 Å². The lowest BCUT2D eigenvalue weighted by Crippen LogP contribution is -2.46. The normalized spacial score (nSPS) is 15.2. The van der Waals surface area contributed by atoms with Gasteiger partial charge in [0.1, 0.15) is 18.0 Å². The van der Waals surface area contributed by atoms with Crippen molar-refractivity contribution in [3.63, 3.8) is 0 Å². The van der Waals surface area contributed by atoms with Crippen molar-refractivity contribution in [1.29, 1.82) is 0 Å². The molecule has 0 amide bonds. The highest BCUT2D eigenvalue weighted by Gasteiger charge is 2.32. The number of aromatic nitrogens is 5. The molecule has 0 spiro atoms. The zero-order valence-corrected chi connectivity index (χ0v) is 11.5. The molecule has 0 radical (unpaired) electrons. The Morgan fingerprint density at radius 2 is 2.10 bits per heavy atom. The van der Waals surface area contributed by atoms with E-state index in [-0.39, 0.29) is 0 Å². The second-order valence-corrected chi connectivity index (χ2v) is 5.01. The maximum Gasteiger partial charge on any atom is 0.218 e. The maximum absolute atomic E-state index is 5.13. The molecule has 0 bridgehead atoms. The molecule has 1 aliphatic rings. The Morgan fingerprint density at radius 3 is 2.95 bits per heavy atom. The fourth-order valence-electron chi connectivity index (χ4n) is 2.58. The molecule has 1 aliphatic heterocycles. The highest BCUT2D eigenvalue weighted by Crippen LogP contribution is 2.30. The molecule has 0 aromatic carbocycles. The number of rotatable bonds is 3. The number of ether oxygens (including phenoxy) is 1. The van der Waals surface area contributed by atoms with E-state index in [1.165, 1.54) is 6.33 Å². The van der Waals surface area contributed by atoms with Gasteiger partial charge in [-0.25, -0.2) is 9.97 Å². The molecule has 4 rings (SSSR count). The van der Waals surface area contributed by atoms with E-state index in [1.807, 2.05) is 34.9 Å². The average Bonchev–Trinajstić information content (AvgIpc) is 2.90. The Hall–Kier alpha value is -2.70. The Labute approximate surface area is 121 Å². The number of hydrogen-bond acceptors (Lipinski definition) is 6. The molecule has 0 saturated carbocycles. The molecule has 106 valence electrons. The minimum atomic E-state index is 0.364. The highest BCUT2D eigenvalue weighted by molar-refractivity contribution is 5.46. The monoisotopic (exact) mass is 282 g/mol. The summed E-state index contributed by atoms with van der Waals surface area (Å²) in [6.07, 6.45) is 3.52. The maximum atomic E-state index is 5.13. The van der Waals surface area contributed by atoms with Crippen LogP contribution in [0.1, 0.15) is 11.7 Å². The fraction of sp³-hybridized carbons (Fsp3) is 0.286. The smallest absolute Gasteiger partial charge is 0.218 e. The predicted molar refractivity (Wildman–Crippen MR) is 76.5 cm³/mol. The van der Waals surface area contributed by atoms with Crippen molar-refractivity contribution in [2.45, 2.75) is 5.92 Å². The van der Waals surface area contributed by atoms with E-state index >= 15 is 0 Å². The summed E-state index contributed by atoms with van der Waals surface area (Å²) in [7, 11) is 1.60. The van der Waals surface area contributed by atoms with Crippen LogP contribution in [0.5, 0.6) is 5.88 Å². The summed E-state index contributed by atoms with van der Waals surface area (Å²) in [5.74, 6) is 2.83. The molecule has 21 heavy (non-hydrogen) atoms. The number of hydrogen-bond donors (Lipinski definition) is 0.